The lowest BCUT2D eigenvalue weighted by molar-refractivity contribution is -0.123. The number of amides is 1. The predicted octanol–water partition coefficient (Wildman–Crippen LogP) is 2.96. The zero-order chi connectivity index (χ0) is 15.0. The van der Waals surface area contributed by atoms with Gasteiger partial charge in [0.05, 0.1) is 6.10 Å². The van der Waals surface area contributed by atoms with E-state index in [0.29, 0.717) is 23.9 Å². The molecular formula is C15H22ClNO3. The first-order valence-electron chi connectivity index (χ1n) is 6.76. The molecule has 5 heteroatoms. The van der Waals surface area contributed by atoms with Gasteiger partial charge in [-0.15, -0.1) is 0 Å². The van der Waals surface area contributed by atoms with Crippen LogP contribution in [0.2, 0.25) is 5.02 Å². The van der Waals surface area contributed by atoms with E-state index in [-0.39, 0.29) is 18.6 Å². The van der Waals surface area contributed by atoms with Crippen LogP contribution in [0, 0.1) is 6.92 Å². The first-order chi connectivity index (χ1) is 9.49. The first kappa shape index (κ1) is 16.8. The van der Waals surface area contributed by atoms with Crippen molar-refractivity contribution in [2.45, 2.75) is 33.3 Å². The summed E-state index contributed by atoms with van der Waals surface area (Å²) in [6.45, 7) is 7.11. The van der Waals surface area contributed by atoms with Gasteiger partial charge in [0.15, 0.2) is 6.61 Å². The number of rotatable bonds is 8. The lowest BCUT2D eigenvalue weighted by Gasteiger charge is -2.10. The van der Waals surface area contributed by atoms with Crippen molar-refractivity contribution < 1.29 is 14.3 Å². The second-order valence-corrected chi connectivity index (χ2v) is 5.26. The average Bonchev–Trinajstić information content (AvgIpc) is 2.37. The summed E-state index contributed by atoms with van der Waals surface area (Å²) in [5.74, 6) is 0.539. The molecule has 1 amide bonds. The van der Waals surface area contributed by atoms with E-state index in [2.05, 4.69) is 5.32 Å². The van der Waals surface area contributed by atoms with E-state index in [1.807, 2.05) is 20.8 Å². The van der Waals surface area contributed by atoms with Crippen LogP contribution in [0.15, 0.2) is 18.2 Å². The van der Waals surface area contributed by atoms with E-state index in [1.165, 1.54) is 0 Å². The SMILES string of the molecule is Cc1cc(Cl)ccc1OCC(=O)NCCCOC(C)C. The topological polar surface area (TPSA) is 47.6 Å². The lowest BCUT2D eigenvalue weighted by atomic mass is 10.2. The number of halogens is 1. The highest BCUT2D eigenvalue weighted by atomic mass is 35.5. The second kappa shape index (κ2) is 8.82. The molecule has 0 bridgehead atoms. The van der Waals surface area contributed by atoms with Crippen LogP contribution in [0.25, 0.3) is 0 Å². The molecule has 0 aliphatic carbocycles. The fraction of sp³-hybridized carbons (Fsp3) is 0.533. The van der Waals surface area contributed by atoms with Gasteiger partial charge in [0.25, 0.3) is 5.91 Å². The van der Waals surface area contributed by atoms with Gasteiger partial charge in [0.1, 0.15) is 5.75 Å². The number of hydrogen-bond acceptors (Lipinski definition) is 3. The first-order valence-corrected chi connectivity index (χ1v) is 7.14. The average molecular weight is 300 g/mol. The molecule has 1 aromatic carbocycles. The Hall–Kier alpha value is -1.26. The maximum Gasteiger partial charge on any atom is 0.257 e. The Morgan fingerprint density at radius 2 is 2.15 bits per heavy atom. The van der Waals surface area contributed by atoms with Gasteiger partial charge in [-0.25, -0.2) is 0 Å². The van der Waals surface area contributed by atoms with E-state index < -0.39 is 0 Å². The van der Waals surface area contributed by atoms with E-state index in [0.717, 1.165) is 12.0 Å². The molecule has 0 atom stereocenters. The molecule has 0 aliphatic rings. The van der Waals surface area contributed by atoms with Crippen molar-refractivity contribution in [2.75, 3.05) is 19.8 Å². The van der Waals surface area contributed by atoms with E-state index in [4.69, 9.17) is 21.1 Å². The molecule has 0 fully saturated rings. The molecule has 0 saturated heterocycles. The fourth-order valence-electron chi connectivity index (χ4n) is 1.59. The van der Waals surface area contributed by atoms with Crippen LogP contribution in [0.1, 0.15) is 25.8 Å². The van der Waals surface area contributed by atoms with Crippen molar-refractivity contribution in [3.8, 4) is 5.75 Å². The van der Waals surface area contributed by atoms with Crippen LogP contribution in [-0.2, 0) is 9.53 Å². The number of aryl methyl sites for hydroxylation is 1. The summed E-state index contributed by atoms with van der Waals surface area (Å²) in [4.78, 5) is 11.6. The number of hydrogen-bond donors (Lipinski definition) is 1. The third-order valence-electron chi connectivity index (χ3n) is 2.59. The number of ether oxygens (including phenoxy) is 2. The van der Waals surface area contributed by atoms with E-state index >= 15 is 0 Å². The fourth-order valence-corrected chi connectivity index (χ4v) is 1.81. The van der Waals surface area contributed by atoms with Crippen LogP contribution in [0.5, 0.6) is 5.75 Å². The molecule has 0 spiro atoms. The molecule has 0 aromatic heterocycles. The Labute approximate surface area is 125 Å². The number of nitrogens with one attached hydrogen (secondary N) is 1. The van der Waals surface area contributed by atoms with Crippen LogP contribution in [0.4, 0.5) is 0 Å². The van der Waals surface area contributed by atoms with Gasteiger partial charge in [0, 0.05) is 18.2 Å². The van der Waals surface area contributed by atoms with Gasteiger partial charge in [-0.3, -0.25) is 4.79 Å². The minimum atomic E-state index is -0.135. The molecule has 0 aliphatic heterocycles. The van der Waals surface area contributed by atoms with Gasteiger partial charge >= 0.3 is 0 Å². The van der Waals surface area contributed by atoms with Crippen molar-refractivity contribution in [3.63, 3.8) is 0 Å². The molecule has 0 heterocycles. The third-order valence-corrected chi connectivity index (χ3v) is 2.83. The van der Waals surface area contributed by atoms with Crippen LogP contribution < -0.4 is 10.1 Å². The molecular weight excluding hydrogens is 278 g/mol. The summed E-state index contributed by atoms with van der Waals surface area (Å²) < 4.78 is 10.8. The maximum atomic E-state index is 11.6. The summed E-state index contributed by atoms with van der Waals surface area (Å²) >= 11 is 5.85. The zero-order valence-corrected chi connectivity index (χ0v) is 13.0. The summed E-state index contributed by atoms with van der Waals surface area (Å²) in [5.41, 5.74) is 0.913. The van der Waals surface area contributed by atoms with Crippen molar-refractivity contribution in [1.82, 2.24) is 5.32 Å². The van der Waals surface area contributed by atoms with Crippen LogP contribution in [0.3, 0.4) is 0 Å². The highest BCUT2D eigenvalue weighted by molar-refractivity contribution is 6.30. The smallest absolute Gasteiger partial charge is 0.257 e. The van der Waals surface area contributed by atoms with E-state index in [1.54, 1.807) is 18.2 Å². The maximum absolute atomic E-state index is 11.6. The minimum absolute atomic E-state index is 0.00745. The molecule has 20 heavy (non-hydrogen) atoms. The van der Waals surface area contributed by atoms with Crippen molar-refractivity contribution in [3.05, 3.63) is 28.8 Å². The van der Waals surface area contributed by atoms with Crippen molar-refractivity contribution >= 4 is 17.5 Å². The Kier molecular flexibility index (Phi) is 7.41. The van der Waals surface area contributed by atoms with Gasteiger partial charge < -0.3 is 14.8 Å². The summed E-state index contributed by atoms with van der Waals surface area (Å²) in [7, 11) is 0. The molecule has 1 aromatic rings. The Morgan fingerprint density at radius 3 is 2.80 bits per heavy atom. The van der Waals surface area contributed by atoms with Crippen molar-refractivity contribution in [2.24, 2.45) is 0 Å². The molecule has 1 rings (SSSR count). The Balaban J connectivity index is 2.19. The molecule has 1 N–H and O–H groups in total. The molecule has 0 saturated carbocycles. The quantitative estimate of drug-likeness (QED) is 0.751. The van der Waals surface area contributed by atoms with Crippen LogP contribution >= 0.6 is 11.6 Å². The van der Waals surface area contributed by atoms with E-state index in [9.17, 15) is 4.79 Å². The minimum Gasteiger partial charge on any atom is -0.484 e. The van der Waals surface area contributed by atoms with Crippen LogP contribution in [-0.4, -0.2) is 31.8 Å². The molecule has 0 unspecified atom stereocenters. The summed E-state index contributed by atoms with van der Waals surface area (Å²) in [6.07, 6.45) is 1.02. The van der Waals surface area contributed by atoms with Gasteiger partial charge in [-0.05, 0) is 51.0 Å². The number of carbonyl (C=O) groups excluding carboxylic acids is 1. The second-order valence-electron chi connectivity index (χ2n) is 4.82. The monoisotopic (exact) mass is 299 g/mol. The normalized spacial score (nSPS) is 10.7. The van der Waals surface area contributed by atoms with Gasteiger partial charge in [0.2, 0.25) is 0 Å². The largest absolute Gasteiger partial charge is 0.484 e. The van der Waals surface area contributed by atoms with Gasteiger partial charge in [-0.1, -0.05) is 11.6 Å². The number of carbonyl (C=O) groups is 1. The number of benzene rings is 1. The molecule has 0 radical (unpaired) electrons. The molecule has 112 valence electrons. The molecule has 4 nitrogen and oxygen atoms in total. The Bertz CT molecular complexity index is 435. The highest BCUT2D eigenvalue weighted by Crippen LogP contribution is 2.21. The highest BCUT2D eigenvalue weighted by Gasteiger charge is 2.05. The van der Waals surface area contributed by atoms with Crippen molar-refractivity contribution in [1.29, 1.82) is 0 Å². The summed E-state index contributed by atoms with van der Waals surface area (Å²) in [6, 6.07) is 5.31. The predicted molar refractivity (Wildman–Crippen MR) is 80.4 cm³/mol. The zero-order valence-electron chi connectivity index (χ0n) is 12.2. The third kappa shape index (κ3) is 6.78. The lowest BCUT2D eigenvalue weighted by Crippen LogP contribution is -2.30. The standard InChI is InChI=1S/C15H22ClNO3/c1-11(2)19-8-4-7-17-15(18)10-20-14-6-5-13(16)9-12(14)3/h5-6,9,11H,4,7-8,10H2,1-3H3,(H,17,18). The van der Waals surface area contributed by atoms with Gasteiger partial charge in [-0.2, -0.15) is 0 Å². The Morgan fingerprint density at radius 1 is 1.40 bits per heavy atom. The summed E-state index contributed by atoms with van der Waals surface area (Å²) in [5, 5.41) is 3.44.